The molecule has 0 saturated heterocycles. The van der Waals surface area contributed by atoms with Crippen LogP contribution < -0.4 is 0 Å². The van der Waals surface area contributed by atoms with Crippen LogP contribution in [0, 0.1) is 5.92 Å². The molecule has 1 aromatic carbocycles. The summed E-state index contributed by atoms with van der Waals surface area (Å²) in [6, 6.07) is 10.1. The Hall–Kier alpha value is -1.81. The Bertz CT molecular complexity index is 907. The van der Waals surface area contributed by atoms with E-state index in [9.17, 15) is 4.79 Å². The Balaban J connectivity index is 1.63. The summed E-state index contributed by atoms with van der Waals surface area (Å²) < 4.78 is 3.09. The summed E-state index contributed by atoms with van der Waals surface area (Å²) >= 11 is 3.48. The highest BCUT2D eigenvalue weighted by molar-refractivity contribution is 9.10. The number of carbonyl (C=O) groups is 1. The largest absolute Gasteiger partial charge is 0.357 e. The van der Waals surface area contributed by atoms with E-state index in [2.05, 4.69) is 50.9 Å². The van der Waals surface area contributed by atoms with Crippen molar-refractivity contribution in [2.45, 2.75) is 25.2 Å². The van der Waals surface area contributed by atoms with E-state index in [1.807, 2.05) is 31.3 Å². The van der Waals surface area contributed by atoms with Crippen molar-refractivity contribution in [3.8, 4) is 0 Å². The molecule has 0 bridgehead atoms. The minimum absolute atomic E-state index is 0.0240. The number of H-pyrrole nitrogens is 1. The molecule has 4 heteroatoms. The second-order valence-corrected chi connectivity index (χ2v) is 7.76. The van der Waals surface area contributed by atoms with Gasteiger partial charge >= 0.3 is 0 Å². The molecule has 1 N–H and O–H groups in total. The zero-order valence-corrected chi connectivity index (χ0v) is 14.9. The first-order valence-electron chi connectivity index (χ1n) is 7.92. The van der Waals surface area contributed by atoms with E-state index in [1.54, 1.807) is 0 Å². The third-order valence-electron chi connectivity index (χ3n) is 5.22. The summed E-state index contributed by atoms with van der Waals surface area (Å²) in [4.78, 5) is 16.1. The Morgan fingerprint density at radius 3 is 2.83 bits per heavy atom. The number of aromatic nitrogens is 2. The quantitative estimate of drug-likeness (QED) is 0.656. The molecule has 1 saturated carbocycles. The Labute approximate surface area is 143 Å². The van der Waals surface area contributed by atoms with E-state index in [-0.39, 0.29) is 11.2 Å². The molecule has 3 aromatic rings. The number of carbonyl (C=O) groups excluding carboxylic acids is 1. The molecule has 23 heavy (non-hydrogen) atoms. The van der Waals surface area contributed by atoms with Gasteiger partial charge in [-0.15, -0.1) is 0 Å². The lowest BCUT2D eigenvalue weighted by atomic mass is 9.89. The number of hydrogen-bond donors (Lipinski definition) is 1. The molecule has 2 heterocycles. The zero-order valence-electron chi connectivity index (χ0n) is 13.3. The highest BCUT2D eigenvalue weighted by Crippen LogP contribution is 2.57. The average molecular weight is 371 g/mol. The van der Waals surface area contributed by atoms with Crippen LogP contribution in [0.3, 0.4) is 0 Å². The fourth-order valence-electron chi connectivity index (χ4n) is 3.67. The van der Waals surface area contributed by atoms with Gasteiger partial charge in [-0.1, -0.05) is 22.9 Å². The van der Waals surface area contributed by atoms with Gasteiger partial charge in [0.2, 0.25) is 0 Å². The van der Waals surface area contributed by atoms with Crippen LogP contribution in [0.2, 0.25) is 0 Å². The second-order valence-electron chi connectivity index (χ2n) is 6.84. The third kappa shape index (κ3) is 2.45. The van der Waals surface area contributed by atoms with Gasteiger partial charge in [0.15, 0.2) is 5.78 Å². The van der Waals surface area contributed by atoms with Crippen molar-refractivity contribution in [1.29, 1.82) is 0 Å². The number of halogens is 1. The SMILES string of the molecule is C[C@H]1C[C@@]1(CC(=O)c1cc2cc(Br)ccc2[nH]1)c1ccn(C)c1. The maximum absolute atomic E-state index is 12.8. The predicted molar refractivity (Wildman–Crippen MR) is 95.8 cm³/mol. The second kappa shape index (κ2) is 5.10. The van der Waals surface area contributed by atoms with Crippen LogP contribution in [0.1, 0.15) is 35.8 Å². The number of nitrogens with zero attached hydrogens (tertiary/aromatic N) is 1. The van der Waals surface area contributed by atoms with Crippen molar-refractivity contribution < 1.29 is 4.79 Å². The maximum atomic E-state index is 12.8. The van der Waals surface area contributed by atoms with Crippen molar-refractivity contribution in [2.75, 3.05) is 0 Å². The van der Waals surface area contributed by atoms with Gasteiger partial charge < -0.3 is 9.55 Å². The summed E-state index contributed by atoms with van der Waals surface area (Å²) in [7, 11) is 2.03. The lowest BCUT2D eigenvalue weighted by Crippen LogP contribution is -2.15. The van der Waals surface area contributed by atoms with Crippen molar-refractivity contribution in [3.05, 3.63) is 58.5 Å². The molecule has 4 rings (SSSR count). The lowest BCUT2D eigenvalue weighted by Gasteiger charge is -2.14. The summed E-state index contributed by atoms with van der Waals surface area (Å²) in [6.07, 6.45) is 5.88. The number of aryl methyl sites for hydroxylation is 1. The summed E-state index contributed by atoms with van der Waals surface area (Å²) in [6.45, 7) is 2.24. The van der Waals surface area contributed by atoms with E-state index >= 15 is 0 Å². The predicted octanol–water partition coefficient (Wildman–Crippen LogP) is 4.82. The molecule has 2 aromatic heterocycles. The average Bonchev–Trinajstić information content (AvgIpc) is 2.90. The van der Waals surface area contributed by atoms with E-state index in [1.165, 1.54) is 5.56 Å². The van der Waals surface area contributed by atoms with Gasteiger partial charge in [0.25, 0.3) is 0 Å². The molecule has 1 aliphatic rings. The standard InChI is InChI=1S/C19H19BrN2O/c1-12-9-19(12,14-5-6-22(2)11-14)10-18(23)17-8-13-7-15(20)3-4-16(13)21-17/h3-8,11-12,21H,9-10H2,1-2H3/t12-,19-/m0/s1. The number of ketones is 1. The van der Waals surface area contributed by atoms with Gasteiger partial charge in [-0.3, -0.25) is 4.79 Å². The van der Waals surface area contributed by atoms with Crippen molar-refractivity contribution in [3.63, 3.8) is 0 Å². The van der Waals surface area contributed by atoms with Crippen molar-refractivity contribution >= 4 is 32.6 Å². The Morgan fingerprint density at radius 1 is 1.39 bits per heavy atom. The maximum Gasteiger partial charge on any atom is 0.179 e. The van der Waals surface area contributed by atoms with E-state index in [0.717, 1.165) is 21.8 Å². The molecular formula is C19H19BrN2O. The molecule has 2 atom stereocenters. The molecule has 1 aliphatic carbocycles. The van der Waals surface area contributed by atoms with Crippen LogP contribution in [0.5, 0.6) is 0 Å². The minimum atomic E-state index is 0.0240. The van der Waals surface area contributed by atoms with E-state index in [0.29, 0.717) is 18.0 Å². The normalized spacial score (nSPS) is 23.3. The van der Waals surface area contributed by atoms with Crippen LogP contribution in [0.15, 0.2) is 47.2 Å². The number of hydrogen-bond acceptors (Lipinski definition) is 1. The third-order valence-corrected chi connectivity index (χ3v) is 5.71. The first-order chi connectivity index (χ1) is 11.0. The molecule has 0 aliphatic heterocycles. The van der Waals surface area contributed by atoms with E-state index in [4.69, 9.17) is 0 Å². The molecule has 0 unspecified atom stereocenters. The summed E-state index contributed by atoms with van der Waals surface area (Å²) in [5.41, 5.74) is 3.04. The number of fused-ring (bicyclic) bond motifs is 1. The van der Waals surface area contributed by atoms with Gasteiger partial charge in [-0.25, -0.2) is 0 Å². The molecule has 0 radical (unpaired) electrons. The van der Waals surface area contributed by atoms with Gasteiger partial charge in [0.1, 0.15) is 0 Å². The monoisotopic (exact) mass is 370 g/mol. The van der Waals surface area contributed by atoms with Crippen molar-refractivity contribution in [2.24, 2.45) is 13.0 Å². The summed E-state index contributed by atoms with van der Waals surface area (Å²) in [5.74, 6) is 0.762. The highest BCUT2D eigenvalue weighted by atomic mass is 79.9. The highest BCUT2D eigenvalue weighted by Gasteiger charge is 2.53. The molecule has 3 nitrogen and oxygen atoms in total. The van der Waals surface area contributed by atoms with Crippen LogP contribution in [-0.4, -0.2) is 15.3 Å². The Kier molecular flexibility index (Phi) is 3.27. The van der Waals surface area contributed by atoms with Gasteiger partial charge in [0.05, 0.1) is 5.69 Å². The smallest absolute Gasteiger partial charge is 0.179 e. The fraction of sp³-hybridized carbons (Fsp3) is 0.316. The Morgan fingerprint density at radius 2 is 2.17 bits per heavy atom. The molecule has 1 fully saturated rings. The zero-order chi connectivity index (χ0) is 16.2. The minimum Gasteiger partial charge on any atom is -0.357 e. The van der Waals surface area contributed by atoms with Crippen LogP contribution in [-0.2, 0) is 12.5 Å². The lowest BCUT2D eigenvalue weighted by molar-refractivity contribution is 0.0963. The number of aromatic amines is 1. The fourth-order valence-corrected chi connectivity index (χ4v) is 4.05. The topological polar surface area (TPSA) is 37.8 Å². The van der Waals surface area contributed by atoms with E-state index < -0.39 is 0 Å². The number of Topliss-reactive ketones (excluding diaryl/α,β-unsaturated/α-hetero) is 1. The molecule has 0 amide bonds. The number of nitrogens with one attached hydrogen (secondary N) is 1. The number of benzene rings is 1. The van der Waals surface area contributed by atoms with Gasteiger partial charge in [0, 0.05) is 46.7 Å². The summed E-state index contributed by atoms with van der Waals surface area (Å²) in [5, 5.41) is 1.07. The van der Waals surface area contributed by atoms with Gasteiger partial charge in [-0.05, 0) is 48.2 Å². The van der Waals surface area contributed by atoms with Crippen LogP contribution in [0.25, 0.3) is 10.9 Å². The van der Waals surface area contributed by atoms with Gasteiger partial charge in [-0.2, -0.15) is 0 Å². The molecule has 0 spiro atoms. The molecular weight excluding hydrogens is 352 g/mol. The van der Waals surface area contributed by atoms with Crippen LogP contribution >= 0.6 is 15.9 Å². The first-order valence-corrected chi connectivity index (χ1v) is 8.71. The van der Waals surface area contributed by atoms with Crippen LogP contribution in [0.4, 0.5) is 0 Å². The first kappa shape index (κ1) is 14.8. The van der Waals surface area contributed by atoms with Crippen molar-refractivity contribution in [1.82, 2.24) is 9.55 Å². The number of rotatable bonds is 4. The molecule has 118 valence electrons.